The number of carbonyl (C=O) groups is 1. The summed E-state index contributed by atoms with van der Waals surface area (Å²) >= 11 is 0. The lowest BCUT2D eigenvalue weighted by Crippen LogP contribution is -2.35. The number of H-pyrrole nitrogens is 1. The van der Waals surface area contributed by atoms with E-state index in [0.29, 0.717) is 18.0 Å². The molecule has 7 nitrogen and oxygen atoms in total. The Balaban J connectivity index is 2.37. The van der Waals surface area contributed by atoms with Crippen molar-refractivity contribution < 1.29 is 9.90 Å². The third-order valence-corrected chi connectivity index (χ3v) is 2.82. The predicted molar refractivity (Wildman–Crippen MR) is 66.4 cm³/mol. The van der Waals surface area contributed by atoms with E-state index < -0.39 is 5.97 Å². The van der Waals surface area contributed by atoms with E-state index >= 15 is 0 Å². The van der Waals surface area contributed by atoms with Gasteiger partial charge in [-0.15, -0.1) is 0 Å². The number of aromatic amines is 1. The lowest BCUT2D eigenvalue weighted by atomic mass is 10.2. The maximum atomic E-state index is 10.8. The molecular weight excluding hydrogens is 234 g/mol. The molecule has 2 aromatic rings. The van der Waals surface area contributed by atoms with E-state index in [1.165, 1.54) is 6.33 Å². The van der Waals surface area contributed by atoms with Crippen LogP contribution in [0.1, 0.15) is 20.3 Å². The highest BCUT2D eigenvalue weighted by Gasteiger charge is 2.20. The number of anilines is 1. The summed E-state index contributed by atoms with van der Waals surface area (Å²) in [6, 6.07) is -0.145. The van der Waals surface area contributed by atoms with Gasteiger partial charge in [-0.1, -0.05) is 0 Å². The minimum atomic E-state index is -0.823. The molecule has 0 bridgehead atoms. The van der Waals surface area contributed by atoms with Crippen LogP contribution in [0.3, 0.4) is 0 Å². The fraction of sp³-hybridized carbons (Fsp3) is 0.455. The summed E-state index contributed by atoms with van der Waals surface area (Å²) in [6.45, 7) is 4.49. The number of nitrogens with zero attached hydrogens (tertiary/aromatic N) is 4. The Labute approximate surface area is 104 Å². The summed E-state index contributed by atoms with van der Waals surface area (Å²) < 4.78 is 0. The first-order chi connectivity index (χ1) is 8.63. The van der Waals surface area contributed by atoms with Crippen molar-refractivity contribution in [2.24, 2.45) is 0 Å². The number of fused-ring (bicyclic) bond motifs is 1. The molecule has 0 aliphatic carbocycles. The van der Waals surface area contributed by atoms with Crippen LogP contribution < -0.4 is 4.90 Å². The molecule has 2 rings (SSSR count). The molecule has 1 unspecified atom stereocenters. The van der Waals surface area contributed by atoms with Gasteiger partial charge in [-0.25, -0.2) is 15.0 Å². The van der Waals surface area contributed by atoms with Crippen LogP contribution in [0.4, 0.5) is 5.82 Å². The Hall–Kier alpha value is -2.18. The number of carboxylic acids is 1. The molecule has 2 N–H and O–H groups in total. The van der Waals surface area contributed by atoms with Gasteiger partial charge in [0, 0.05) is 12.6 Å². The first-order valence-corrected chi connectivity index (χ1v) is 5.76. The summed E-state index contributed by atoms with van der Waals surface area (Å²) in [5.74, 6) is -0.135. The van der Waals surface area contributed by atoms with Gasteiger partial charge in [-0.3, -0.25) is 4.79 Å². The van der Waals surface area contributed by atoms with Crippen LogP contribution in [-0.4, -0.2) is 43.6 Å². The summed E-state index contributed by atoms with van der Waals surface area (Å²) in [4.78, 5) is 28.0. The van der Waals surface area contributed by atoms with Crippen LogP contribution >= 0.6 is 0 Å². The van der Waals surface area contributed by atoms with E-state index in [0.717, 1.165) is 5.52 Å². The quantitative estimate of drug-likeness (QED) is 0.822. The van der Waals surface area contributed by atoms with Crippen molar-refractivity contribution in [2.75, 3.05) is 11.4 Å². The second-order valence-corrected chi connectivity index (χ2v) is 4.03. The molecule has 0 aliphatic heterocycles. The predicted octanol–water partition coefficient (Wildman–Crippen LogP) is 1.04. The molecule has 0 aromatic carbocycles. The van der Waals surface area contributed by atoms with Gasteiger partial charge in [0.25, 0.3) is 0 Å². The molecule has 0 amide bonds. The summed E-state index contributed by atoms with van der Waals surface area (Å²) in [5, 5.41) is 8.87. The number of imidazole rings is 1. The lowest BCUT2D eigenvalue weighted by molar-refractivity contribution is -0.137. The van der Waals surface area contributed by atoms with E-state index in [1.54, 1.807) is 6.33 Å². The normalized spacial score (nSPS) is 12.6. The van der Waals surface area contributed by atoms with Gasteiger partial charge in [0.1, 0.15) is 11.8 Å². The summed E-state index contributed by atoms with van der Waals surface area (Å²) in [6.07, 6.45) is 3.06. The third kappa shape index (κ3) is 2.24. The Morgan fingerprint density at radius 1 is 1.50 bits per heavy atom. The van der Waals surface area contributed by atoms with Crippen molar-refractivity contribution in [2.45, 2.75) is 26.3 Å². The monoisotopic (exact) mass is 249 g/mol. The number of hydrogen-bond donors (Lipinski definition) is 2. The molecule has 0 saturated heterocycles. The van der Waals surface area contributed by atoms with Crippen LogP contribution in [0.25, 0.3) is 11.2 Å². The van der Waals surface area contributed by atoms with Crippen LogP contribution in [0.5, 0.6) is 0 Å². The number of aliphatic carboxylic acids is 1. The number of rotatable bonds is 5. The van der Waals surface area contributed by atoms with Gasteiger partial charge in [-0.05, 0) is 13.8 Å². The van der Waals surface area contributed by atoms with Crippen molar-refractivity contribution in [3.8, 4) is 0 Å². The molecule has 0 fully saturated rings. The number of aromatic nitrogens is 4. The van der Waals surface area contributed by atoms with E-state index in [2.05, 4.69) is 19.9 Å². The zero-order chi connectivity index (χ0) is 13.1. The van der Waals surface area contributed by atoms with Crippen molar-refractivity contribution in [1.29, 1.82) is 0 Å². The second kappa shape index (κ2) is 4.99. The topological polar surface area (TPSA) is 95.0 Å². The van der Waals surface area contributed by atoms with Crippen LogP contribution in [-0.2, 0) is 4.79 Å². The van der Waals surface area contributed by atoms with Gasteiger partial charge >= 0.3 is 5.97 Å². The highest BCUT2D eigenvalue weighted by Crippen LogP contribution is 2.22. The van der Waals surface area contributed by atoms with Gasteiger partial charge in [0.2, 0.25) is 0 Å². The van der Waals surface area contributed by atoms with Crippen LogP contribution in [0.2, 0.25) is 0 Å². The molecule has 2 aromatic heterocycles. The molecule has 96 valence electrons. The molecule has 2 heterocycles. The molecule has 0 spiro atoms. The van der Waals surface area contributed by atoms with Gasteiger partial charge in [0.05, 0.1) is 12.7 Å². The van der Waals surface area contributed by atoms with Crippen LogP contribution in [0.15, 0.2) is 12.7 Å². The Bertz CT molecular complexity index is 553. The third-order valence-electron chi connectivity index (χ3n) is 2.82. The van der Waals surface area contributed by atoms with Gasteiger partial charge in [-0.2, -0.15) is 0 Å². The fourth-order valence-corrected chi connectivity index (χ4v) is 2.00. The minimum Gasteiger partial charge on any atom is -0.481 e. The van der Waals surface area contributed by atoms with Crippen LogP contribution in [0, 0.1) is 0 Å². The average molecular weight is 249 g/mol. The van der Waals surface area contributed by atoms with Gasteiger partial charge in [0.15, 0.2) is 11.5 Å². The van der Waals surface area contributed by atoms with Crippen molar-refractivity contribution in [3.05, 3.63) is 12.7 Å². The largest absolute Gasteiger partial charge is 0.481 e. The number of carboxylic acid groups (broad SMARTS) is 1. The maximum Gasteiger partial charge on any atom is 0.305 e. The maximum absolute atomic E-state index is 10.8. The van der Waals surface area contributed by atoms with Crippen molar-refractivity contribution in [1.82, 2.24) is 19.9 Å². The number of nitrogens with one attached hydrogen (secondary N) is 1. The van der Waals surface area contributed by atoms with E-state index in [1.807, 2.05) is 18.7 Å². The van der Waals surface area contributed by atoms with Crippen molar-refractivity contribution >= 4 is 23.0 Å². The zero-order valence-electron chi connectivity index (χ0n) is 10.3. The SMILES string of the molecule is CCN(c1ncnc2nc[nH]c12)C(C)CC(=O)O. The Kier molecular flexibility index (Phi) is 3.40. The lowest BCUT2D eigenvalue weighted by Gasteiger charge is -2.28. The average Bonchev–Trinajstić information content (AvgIpc) is 2.77. The standard InChI is InChI=1S/C11H15N5O2/c1-3-16(7(2)4-8(17)18)11-9-10(13-5-12-9)14-6-15-11/h5-7H,3-4H2,1-2H3,(H,17,18)(H,12,13,14,15). The highest BCUT2D eigenvalue weighted by atomic mass is 16.4. The Morgan fingerprint density at radius 2 is 2.28 bits per heavy atom. The molecule has 1 atom stereocenters. The molecule has 18 heavy (non-hydrogen) atoms. The molecular formula is C11H15N5O2. The summed E-state index contributed by atoms with van der Waals surface area (Å²) in [7, 11) is 0. The van der Waals surface area contributed by atoms with E-state index in [9.17, 15) is 4.79 Å². The first kappa shape index (κ1) is 12.3. The van der Waals surface area contributed by atoms with E-state index in [-0.39, 0.29) is 12.5 Å². The number of hydrogen-bond acceptors (Lipinski definition) is 5. The minimum absolute atomic E-state index is 0.0630. The molecule has 0 saturated carbocycles. The second-order valence-electron chi connectivity index (χ2n) is 4.03. The Morgan fingerprint density at radius 3 is 2.94 bits per heavy atom. The molecule has 0 radical (unpaired) electrons. The smallest absolute Gasteiger partial charge is 0.305 e. The fourth-order valence-electron chi connectivity index (χ4n) is 2.00. The highest BCUT2D eigenvalue weighted by molar-refractivity contribution is 5.83. The van der Waals surface area contributed by atoms with Gasteiger partial charge < -0.3 is 15.0 Å². The van der Waals surface area contributed by atoms with E-state index in [4.69, 9.17) is 5.11 Å². The zero-order valence-corrected chi connectivity index (χ0v) is 10.3. The van der Waals surface area contributed by atoms with Crippen molar-refractivity contribution in [3.63, 3.8) is 0 Å². The summed E-state index contributed by atoms with van der Waals surface area (Å²) in [5.41, 5.74) is 1.32. The molecule has 0 aliphatic rings. The first-order valence-electron chi connectivity index (χ1n) is 5.76. The molecule has 7 heteroatoms.